The van der Waals surface area contributed by atoms with E-state index >= 15 is 0 Å². The van der Waals surface area contributed by atoms with Crippen LogP contribution >= 0.6 is 0 Å². The molecule has 3 amide bonds. The van der Waals surface area contributed by atoms with Crippen molar-refractivity contribution in [2.75, 3.05) is 38.8 Å². The lowest BCUT2D eigenvalue weighted by Crippen LogP contribution is -2.39. The molecule has 8 nitrogen and oxygen atoms in total. The van der Waals surface area contributed by atoms with Crippen LogP contribution in [0.5, 0.6) is 11.5 Å². The minimum Gasteiger partial charge on any atom is -0.493 e. The first-order valence-corrected chi connectivity index (χ1v) is 8.57. The first-order chi connectivity index (χ1) is 13.1. The fourth-order valence-electron chi connectivity index (χ4n) is 2.88. The summed E-state index contributed by atoms with van der Waals surface area (Å²) in [7, 11) is 3.11. The van der Waals surface area contributed by atoms with Crippen molar-refractivity contribution in [2.24, 2.45) is 0 Å². The molecule has 0 aliphatic carbocycles. The lowest BCUT2D eigenvalue weighted by molar-refractivity contribution is -0.121. The van der Waals surface area contributed by atoms with Gasteiger partial charge >= 0.3 is 6.03 Å². The number of hydrogen-bond acceptors (Lipinski definition) is 5. The molecular weight excluding hydrogens is 348 g/mol. The van der Waals surface area contributed by atoms with Gasteiger partial charge in [0.15, 0.2) is 11.5 Å². The summed E-state index contributed by atoms with van der Waals surface area (Å²) in [5.41, 5.74) is 1.47. The third-order valence-electron chi connectivity index (χ3n) is 4.30. The maximum absolute atomic E-state index is 12.7. The van der Waals surface area contributed by atoms with E-state index in [1.807, 2.05) is 18.2 Å². The van der Waals surface area contributed by atoms with Gasteiger partial charge in [0, 0.05) is 31.0 Å². The van der Waals surface area contributed by atoms with E-state index in [0.29, 0.717) is 36.8 Å². The normalized spacial score (nSPS) is 13.6. The van der Waals surface area contributed by atoms with Gasteiger partial charge in [0.1, 0.15) is 6.54 Å². The highest BCUT2D eigenvalue weighted by Crippen LogP contribution is 2.32. The zero-order valence-corrected chi connectivity index (χ0v) is 15.3. The molecule has 1 N–H and O–H groups in total. The molecule has 1 fully saturated rings. The van der Waals surface area contributed by atoms with Gasteiger partial charge in [0.25, 0.3) is 0 Å². The van der Waals surface area contributed by atoms with E-state index in [2.05, 4.69) is 10.3 Å². The van der Waals surface area contributed by atoms with Gasteiger partial charge in [-0.2, -0.15) is 0 Å². The van der Waals surface area contributed by atoms with E-state index in [0.717, 1.165) is 5.69 Å². The number of urea groups is 1. The van der Waals surface area contributed by atoms with Crippen LogP contribution < -0.4 is 19.7 Å². The second-order valence-corrected chi connectivity index (χ2v) is 5.99. The zero-order chi connectivity index (χ0) is 19.2. The SMILES string of the molecule is COc1ccc(N2CCN(CC(=O)NCc3ccccn3)C2=O)cc1OC. The molecule has 1 aromatic carbocycles. The van der Waals surface area contributed by atoms with Crippen LogP contribution in [0.1, 0.15) is 5.69 Å². The van der Waals surface area contributed by atoms with Gasteiger partial charge < -0.3 is 19.7 Å². The molecule has 1 aliphatic rings. The highest BCUT2D eigenvalue weighted by molar-refractivity contribution is 5.96. The zero-order valence-electron chi connectivity index (χ0n) is 15.3. The van der Waals surface area contributed by atoms with E-state index in [9.17, 15) is 9.59 Å². The van der Waals surface area contributed by atoms with Crippen LogP contribution in [0.2, 0.25) is 0 Å². The van der Waals surface area contributed by atoms with E-state index in [1.165, 1.54) is 4.90 Å². The molecule has 3 rings (SSSR count). The van der Waals surface area contributed by atoms with Crippen molar-refractivity contribution in [1.82, 2.24) is 15.2 Å². The van der Waals surface area contributed by atoms with Crippen molar-refractivity contribution >= 4 is 17.6 Å². The molecule has 8 heteroatoms. The number of nitrogens with one attached hydrogen (secondary N) is 1. The number of aromatic nitrogens is 1. The summed E-state index contributed by atoms with van der Waals surface area (Å²) in [6, 6.07) is 10.6. The van der Waals surface area contributed by atoms with Crippen molar-refractivity contribution < 1.29 is 19.1 Å². The summed E-state index contributed by atoms with van der Waals surface area (Å²) in [4.78, 5) is 32.1. The number of amides is 3. The van der Waals surface area contributed by atoms with Crippen LogP contribution in [-0.4, -0.2) is 55.7 Å². The van der Waals surface area contributed by atoms with Crippen LogP contribution in [0.15, 0.2) is 42.6 Å². The third kappa shape index (κ3) is 4.28. The first kappa shape index (κ1) is 18.5. The number of anilines is 1. The molecule has 1 aromatic heterocycles. The van der Waals surface area contributed by atoms with Crippen molar-refractivity contribution in [3.05, 3.63) is 48.3 Å². The van der Waals surface area contributed by atoms with Gasteiger partial charge in [-0.15, -0.1) is 0 Å². The Morgan fingerprint density at radius 1 is 1.15 bits per heavy atom. The highest BCUT2D eigenvalue weighted by atomic mass is 16.5. The minimum absolute atomic E-state index is 0.00938. The van der Waals surface area contributed by atoms with Crippen LogP contribution in [0.25, 0.3) is 0 Å². The predicted octanol–water partition coefficient (Wildman–Crippen LogP) is 1.66. The molecule has 0 spiro atoms. The van der Waals surface area contributed by atoms with Gasteiger partial charge in [0.05, 0.1) is 26.5 Å². The molecule has 0 radical (unpaired) electrons. The van der Waals surface area contributed by atoms with Crippen LogP contribution in [0, 0.1) is 0 Å². The van der Waals surface area contributed by atoms with Gasteiger partial charge in [-0.25, -0.2) is 4.79 Å². The lowest BCUT2D eigenvalue weighted by Gasteiger charge is -2.19. The Kier molecular flexibility index (Phi) is 5.75. The Morgan fingerprint density at radius 2 is 1.96 bits per heavy atom. The van der Waals surface area contributed by atoms with Crippen LogP contribution in [0.4, 0.5) is 10.5 Å². The molecule has 1 aliphatic heterocycles. The Balaban J connectivity index is 1.59. The Hall–Kier alpha value is -3.29. The number of hydrogen-bond donors (Lipinski definition) is 1. The van der Waals surface area contributed by atoms with Gasteiger partial charge in [-0.05, 0) is 24.3 Å². The van der Waals surface area contributed by atoms with Crippen molar-refractivity contribution in [2.45, 2.75) is 6.54 Å². The molecule has 2 heterocycles. The fourth-order valence-corrected chi connectivity index (χ4v) is 2.88. The van der Waals surface area contributed by atoms with Crippen LogP contribution in [-0.2, 0) is 11.3 Å². The standard InChI is InChI=1S/C19H22N4O4/c1-26-16-7-6-15(11-17(16)27-2)23-10-9-22(19(23)25)13-18(24)21-12-14-5-3-4-8-20-14/h3-8,11H,9-10,12-13H2,1-2H3,(H,21,24). The van der Waals surface area contributed by atoms with E-state index in [-0.39, 0.29) is 18.5 Å². The van der Waals surface area contributed by atoms with Crippen molar-refractivity contribution in [3.63, 3.8) is 0 Å². The number of methoxy groups -OCH3 is 2. The molecule has 0 unspecified atom stereocenters. The summed E-state index contributed by atoms with van der Waals surface area (Å²) in [6.07, 6.45) is 1.67. The summed E-state index contributed by atoms with van der Waals surface area (Å²) in [6.45, 7) is 1.32. The summed E-state index contributed by atoms with van der Waals surface area (Å²) in [5.74, 6) is 0.927. The van der Waals surface area contributed by atoms with E-state index < -0.39 is 0 Å². The average Bonchev–Trinajstić information content (AvgIpc) is 3.06. The number of rotatable bonds is 7. The smallest absolute Gasteiger partial charge is 0.325 e. The quantitative estimate of drug-likeness (QED) is 0.801. The van der Waals surface area contributed by atoms with Crippen LogP contribution in [0.3, 0.4) is 0 Å². The Bertz CT molecular complexity index is 813. The molecule has 0 atom stereocenters. The number of carbonyl (C=O) groups excluding carboxylic acids is 2. The molecule has 142 valence electrons. The predicted molar refractivity (Wildman–Crippen MR) is 99.9 cm³/mol. The molecular formula is C19H22N4O4. The first-order valence-electron chi connectivity index (χ1n) is 8.57. The largest absolute Gasteiger partial charge is 0.493 e. The second kappa shape index (κ2) is 8.39. The summed E-state index contributed by atoms with van der Waals surface area (Å²) < 4.78 is 10.5. The summed E-state index contributed by atoms with van der Waals surface area (Å²) in [5, 5.41) is 2.78. The molecule has 2 aromatic rings. The van der Waals surface area contributed by atoms with Crippen molar-refractivity contribution in [1.29, 1.82) is 0 Å². The number of ether oxygens (including phenoxy) is 2. The third-order valence-corrected chi connectivity index (χ3v) is 4.30. The maximum atomic E-state index is 12.7. The fraction of sp³-hybridized carbons (Fsp3) is 0.316. The Labute approximate surface area is 157 Å². The summed E-state index contributed by atoms with van der Waals surface area (Å²) >= 11 is 0. The second-order valence-electron chi connectivity index (χ2n) is 5.99. The van der Waals surface area contributed by atoms with Gasteiger partial charge in [-0.1, -0.05) is 6.07 Å². The molecule has 1 saturated heterocycles. The topological polar surface area (TPSA) is 84.0 Å². The highest BCUT2D eigenvalue weighted by Gasteiger charge is 2.31. The lowest BCUT2D eigenvalue weighted by atomic mass is 10.2. The van der Waals surface area contributed by atoms with E-state index in [1.54, 1.807) is 43.5 Å². The van der Waals surface area contributed by atoms with E-state index in [4.69, 9.17) is 9.47 Å². The molecule has 0 bridgehead atoms. The number of carbonyl (C=O) groups is 2. The number of pyridine rings is 1. The maximum Gasteiger partial charge on any atom is 0.325 e. The molecule has 0 saturated carbocycles. The monoisotopic (exact) mass is 370 g/mol. The van der Waals surface area contributed by atoms with Gasteiger partial charge in [-0.3, -0.25) is 14.7 Å². The Morgan fingerprint density at radius 3 is 2.67 bits per heavy atom. The number of nitrogens with zero attached hydrogens (tertiary/aromatic N) is 3. The number of benzene rings is 1. The van der Waals surface area contributed by atoms with Crippen molar-refractivity contribution in [3.8, 4) is 11.5 Å². The molecule has 27 heavy (non-hydrogen) atoms. The van der Waals surface area contributed by atoms with Gasteiger partial charge in [0.2, 0.25) is 5.91 Å². The minimum atomic E-state index is -0.219. The average molecular weight is 370 g/mol.